The number of nitrogens with zero attached hydrogens (tertiary/aromatic N) is 2. The van der Waals surface area contributed by atoms with Gasteiger partial charge in [-0.1, -0.05) is 22.9 Å². The molecule has 1 aromatic heterocycles. The van der Waals surface area contributed by atoms with Gasteiger partial charge in [-0.3, -0.25) is 0 Å². The molecule has 0 bridgehead atoms. The van der Waals surface area contributed by atoms with Gasteiger partial charge in [0, 0.05) is 17.5 Å². The zero-order chi connectivity index (χ0) is 14.1. The van der Waals surface area contributed by atoms with Crippen molar-refractivity contribution in [1.29, 1.82) is 0 Å². The monoisotopic (exact) mass is 273 g/mol. The first kappa shape index (κ1) is 13.1. The summed E-state index contributed by atoms with van der Waals surface area (Å²) in [5.41, 5.74) is 8.13. The second-order valence-corrected chi connectivity index (χ2v) is 5.44. The number of aromatic nitrogens is 2. The summed E-state index contributed by atoms with van der Waals surface area (Å²) < 4.78 is 11.0. The lowest BCUT2D eigenvalue weighted by Crippen LogP contribution is -2.08. The van der Waals surface area contributed by atoms with Gasteiger partial charge in [0.25, 0.3) is 5.89 Å². The smallest absolute Gasteiger partial charge is 0.264 e. The first-order valence-electron chi connectivity index (χ1n) is 6.95. The molecular weight excluding hydrogens is 254 g/mol. The third-order valence-electron chi connectivity index (χ3n) is 3.43. The van der Waals surface area contributed by atoms with E-state index in [1.807, 2.05) is 32.0 Å². The Bertz CT molecular complexity index is 603. The Balaban J connectivity index is 1.70. The summed E-state index contributed by atoms with van der Waals surface area (Å²) in [5, 5.41) is 3.97. The van der Waals surface area contributed by atoms with Crippen LogP contribution in [0.3, 0.4) is 0 Å². The first-order chi connectivity index (χ1) is 9.63. The van der Waals surface area contributed by atoms with Gasteiger partial charge in [-0.25, -0.2) is 0 Å². The number of hydrogen-bond acceptors (Lipinski definition) is 5. The maximum atomic E-state index is 5.97. The number of ether oxygens (including phenoxy) is 1. The summed E-state index contributed by atoms with van der Waals surface area (Å²) in [5.74, 6) is 2.59. The molecule has 2 aromatic rings. The lowest BCUT2D eigenvalue weighted by atomic mass is 10.1. The normalized spacial score (nSPS) is 16.1. The predicted molar refractivity (Wildman–Crippen MR) is 74.4 cm³/mol. The molecule has 3 rings (SSSR count). The highest BCUT2D eigenvalue weighted by Crippen LogP contribution is 2.38. The Morgan fingerprint density at radius 1 is 1.45 bits per heavy atom. The third kappa shape index (κ3) is 2.82. The van der Waals surface area contributed by atoms with Gasteiger partial charge in [-0.05, 0) is 32.8 Å². The van der Waals surface area contributed by atoms with Crippen LogP contribution in [0.1, 0.15) is 54.6 Å². The molecule has 5 nitrogen and oxygen atoms in total. The number of hydrogen-bond donors (Lipinski definition) is 1. The summed E-state index contributed by atoms with van der Waals surface area (Å²) in [6.07, 6.45) is 2.32. The van der Waals surface area contributed by atoms with Gasteiger partial charge in [0.2, 0.25) is 0 Å². The van der Waals surface area contributed by atoms with Crippen molar-refractivity contribution < 1.29 is 9.26 Å². The van der Waals surface area contributed by atoms with Crippen molar-refractivity contribution in [2.24, 2.45) is 5.73 Å². The van der Waals surface area contributed by atoms with E-state index >= 15 is 0 Å². The van der Waals surface area contributed by atoms with Crippen LogP contribution in [0.15, 0.2) is 22.7 Å². The average molecular weight is 273 g/mol. The van der Waals surface area contributed by atoms with Gasteiger partial charge in [0.05, 0.1) is 0 Å². The van der Waals surface area contributed by atoms with Crippen molar-refractivity contribution in [3.05, 3.63) is 41.0 Å². The largest absolute Gasteiger partial charge is 0.483 e. The molecule has 1 aliphatic rings. The molecule has 0 amide bonds. The van der Waals surface area contributed by atoms with E-state index < -0.39 is 0 Å². The number of nitrogens with two attached hydrogens (primary N) is 1. The number of rotatable bonds is 5. The van der Waals surface area contributed by atoms with Gasteiger partial charge in [0.1, 0.15) is 5.75 Å². The van der Waals surface area contributed by atoms with Crippen LogP contribution < -0.4 is 10.5 Å². The van der Waals surface area contributed by atoms with Crippen LogP contribution in [0.25, 0.3) is 0 Å². The van der Waals surface area contributed by atoms with E-state index in [2.05, 4.69) is 10.1 Å². The average Bonchev–Trinajstić information content (AvgIpc) is 3.17. The van der Waals surface area contributed by atoms with Crippen LogP contribution >= 0.6 is 0 Å². The molecule has 0 unspecified atom stereocenters. The lowest BCUT2D eigenvalue weighted by Gasteiger charge is -2.13. The van der Waals surface area contributed by atoms with Crippen molar-refractivity contribution in [3.63, 3.8) is 0 Å². The third-order valence-corrected chi connectivity index (χ3v) is 3.43. The van der Waals surface area contributed by atoms with Crippen LogP contribution in [0.4, 0.5) is 0 Å². The molecule has 1 heterocycles. The fourth-order valence-corrected chi connectivity index (χ4v) is 2.13. The minimum atomic E-state index is -0.0744. The van der Waals surface area contributed by atoms with Crippen LogP contribution in [0.2, 0.25) is 0 Å². The fraction of sp³-hybridized carbons (Fsp3) is 0.467. The van der Waals surface area contributed by atoms with Crippen LogP contribution in [-0.2, 0) is 6.61 Å². The van der Waals surface area contributed by atoms with E-state index in [0.717, 1.165) is 30.0 Å². The van der Waals surface area contributed by atoms with E-state index in [4.69, 9.17) is 15.0 Å². The van der Waals surface area contributed by atoms with E-state index in [9.17, 15) is 0 Å². The number of benzene rings is 1. The summed E-state index contributed by atoms with van der Waals surface area (Å²) >= 11 is 0. The summed E-state index contributed by atoms with van der Waals surface area (Å²) in [7, 11) is 0. The molecule has 1 aliphatic carbocycles. The van der Waals surface area contributed by atoms with Gasteiger partial charge >= 0.3 is 0 Å². The SMILES string of the molecule is Cc1ccc(OCc2nc(C3CC3)no2)c([C@H](C)N)c1. The molecule has 20 heavy (non-hydrogen) atoms. The highest BCUT2D eigenvalue weighted by Gasteiger charge is 2.28. The minimum absolute atomic E-state index is 0.0744. The molecule has 1 fully saturated rings. The predicted octanol–water partition coefficient (Wildman–Crippen LogP) is 2.85. The second kappa shape index (κ2) is 5.25. The summed E-state index contributed by atoms with van der Waals surface area (Å²) in [6.45, 7) is 4.26. The Labute approximate surface area is 118 Å². The fourth-order valence-electron chi connectivity index (χ4n) is 2.13. The molecule has 1 atom stereocenters. The van der Waals surface area contributed by atoms with E-state index in [1.54, 1.807) is 0 Å². The topological polar surface area (TPSA) is 74.2 Å². The highest BCUT2D eigenvalue weighted by atomic mass is 16.5. The molecular formula is C15H19N3O2. The van der Waals surface area contributed by atoms with Crippen molar-refractivity contribution in [1.82, 2.24) is 10.1 Å². The molecule has 0 saturated heterocycles. The van der Waals surface area contributed by atoms with Crippen LogP contribution in [0, 0.1) is 6.92 Å². The van der Waals surface area contributed by atoms with Crippen molar-refractivity contribution in [2.75, 3.05) is 0 Å². The van der Waals surface area contributed by atoms with Gasteiger partial charge in [-0.2, -0.15) is 4.98 Å². The van der Waals surface area contributed by atoms with Gasteiger partial charge < -0.3 is 15.0 Å². The van der Waals surface area contributed by atoms with E-state index in [-0.39, 0.29) is 12.6 Å². The minimum Gasteiger partial charge on any atom is -0.483 e. The van der Waals surface area contributed by atoms with Crippen LogP contribution in [0.5, 0.6) is 5.75 Å². The number of aryl methyl sites for hydroxylation is 1. The standard InChI is InChI=1S/C15H19N3O2/c1-9-3-6-13(12(7-9)10(2)16)19-8-14-17-15(18-20-14)11-4-5-11/h3,6-7,10-11H,4-5,8,16H2,1-2H3/t10-/m0/s1. The van der Waals surface area contributed by atoms with Crippen molar-refractivity contribution in [3.8, 4) is 5.75 Å². The quantitative estimate of drug-likeness (QED) is 0.906. The Kier molecular flexibility index (Phi) is 3.44. The maximum Gasteiger partial charge on any atom is 0.264 e. The first-order valence-corrected chi connectivity index (χ1v) is 6.95. The van der Waals surface area contributed by atoms with Gasteiger partial charge in [0.15, 0.2) is 12.4 Å². The van der Waals surface area contributed by atoms with Crippen LogP contribution in [-0.4, -0.2) is 10.1 Å². The second-order valence-electron chi connectivity index (χ2n) is 5.44. The zero-order valence-corrected chi connectivity index (χ0v) is 11.8. The molecule has 1 aromatic carbocycles. The molecule has 0 spiro atoms. The molecule has 0 radical (unpaired) electrons. The zero-order valence-electron chi connectivity index (χ0n) is 11.8. The Morgan fingerprint density at radius 3 is 2.95 bits per heavy atom. The maximum absolute atomic E-state index is 5.97. The lowest BCUT2D eigenvalue weighted by molar-refractivity contribution is 0.240. The molecule has 0 aliphatic heterocycles. The molecule has 1 saturated carbocycles. The van der Waals surface area contributed by atoms with Crippen molar-refractivity contribution >= 4 is 0 Å². The Morgan fingerprint density at radius 2 is 2.25 bits per heavy atom. The van der Waals surface area contributed by atoms with Crippen molar-refractivity contribution in [2.45, 2.75) is 45.3 Å². The van der Waals surface area contributed by atoms with Gasteiger partial charge in [-0.15, -0.1) is 0 Å². The molecule has 106 valence electrons. The molecule has 2 N–H and O–H groups in total. The summed E-state index contributed by atoms with van der Waals surface area (Å²) in [6, 6.07) is 5.91. The van der Waals surface area contributed by atoms with E-state index in [0.29, 0.717) is 11.8 Å². The Hall–Kier alpha value is -1.88. The molecule has 5 heteroatoms. The summed E-state index contributed by atoms with van der Waals surface area (Å²) in [4.78, 5) is 4.35. The highest BCUT2D eigenvalue weighted by molar-refractivity contribution is 5.38. The van der Waals surface area contributed by atoms with E-state index in [1.165, 1.54) is 5.56 Å².